The van der Waals surface area contributed by atoms with Crippen LogP contribution in [0.3, 0.4) is 0 Å². The monoisotopic (exact) mass is 194 g/mol. The number of aliphatic hydroxyl groups excluding tert-OH is 1. The van der Waals surface area contributed by atoms with Crippen LogP contribution in [0.2, 0.25) is 0 Å². The molecule has 0 radical (unpaired) electrons. The number of hydrogen-bond donors (Lipinski definition) is 2. The predicted octanol–water partition coefficient (Wildman–Crippen LogP) is 1.48. The first kappa shape index (κ1) is 10.9. The first-order valence-electron chi connectivity index (χ1n) is 4.92. The number of rotatable bonds is 5. The molecule has 0 saturated heterocycles. The summed E-state index contributed by atoms with van der Waals surface area (Å²) in [4.78, 5) is 2.12. The summed E-state index contributed by atoms with van der Waals surface area (Å²) in [5.41, 5.74) is 7.70. The summed E-state index contributed by atoms with van der Waals surface area (Å²) in [6.45, 7) is 1.19. The van der Waals surface area contributed by atoms with E-state index in [1.165, 1.54) is 0 Å². The molecule has 0 aliphatic rings. The second-order valence-electron chi connectivity index (χ2n) is 3.41. The Hall–Kier alpha value is -1.22. The lowest BCUT2D eigenvalue weighted by atomic mass is 10.2. The van der Waals surface area contributed by atoms with Gasteiger partial charge in [-0.2, -0.15) is 0 Å². The minimum absolute atomic E-state index is 0.262. The number of hydrogen-bond acceptors (Lipinski definition) is 3. The first-order valence-corrected chi connectivity index (χ1v) is 4.92. The fraction of sp³-hybridized carbons (Fsp3) is 0.455. The fourth-order valence-electron chi connectivity index (χ4n) is 1.42. The number of anilines is 2. The molecule has 0 saturated carbocycles. The zero-order valence-electron chi connectivity index (χ0n) is 8.61. The maximum Gasteiger partial charge on any atom is 0.0597 e. The average Bonchev–Trinajstić information content (AvgIpc) is 2.18. The van der Waals surface area contributed by atoms with Crippen molar-refractivity contribution in [2.45, 2.75) is 12.8 Å². The molecule has 1 rings (SSSR count). The Labute approximate surface area is 85.2 Å². The Morgan fingerprint density at radius 2 is 2.00 bits per heavy atom. The van der Waals surface area contributed by atoms with E-state index in [9.17, 15) is 0 Å². The van der Waals surface area contributed by atoms with Crippen molar-refractivity contribution in [1.29, 1.82) is 0 Å². The van der Waals surface area contributed by atoms with Crippen LogP contribution in [0, 0.1) is 0 Å². The van der Waals surface area contributed by atoms with E-state index in [-0.39, 0.29) is 6.61 Å². The number of nitrogen functional groups attached to an aromatic ring is 1. The van der Waals surface area contributed by atoms with E-state index in [1.807, 2.05) is 31.3 Å². The smallest absolute Gasteiger partial charge is 0.0597 e. The van der Waals surface area contributed by atoms with Gasteiger partial charge in [-0.15, -0.1) is 0 Å². The summed E-state index contributed by atoms with van der Waals surface area (Å²) in [6, 6.07) is 7.82. The third-order valence-corrected chi connectivity index (χ3v) is 2.25. The molecule has 3 heteroatoms. The number of para-hydroxylation sites is 2. The van der Waals surface area contributed by atoms with Crippen LogP contribution >= 0.6 is 0 Å². The van der Waals surface area contributed by atoms with Gasteiger partial charge in [0.15, 0.2) is 0 Å². The van der Waals surface area contributed by atoms with Gasteiger partial charge in [0.2, 0.25) is 0 Å². The Kier molecular flexibility index (Phi) is 4.26. The molecule has 0 spiro atoms. The Morgan fingerprint density at radius 1 is 1.29 bits per heavy atom. The molecule has 0 aliphatic heterocycles. The molecule has 0 heterocycles. The van der Waals surface area contributed by atoms with E-state index < -0.39 is 0 Å². The average molecular weight is 194 g/mol. The van der Waals surface area contributed by atoms with E-state index >= 15 is 0 Å². The molecule has 0 aliphatic carbocycles. The number of nitrogens with zero attached hydrogens (tertiary/aromatic N) is 1. The topological polar surface area (TPSA) is 49.5 Å². The Bertz CT molecular complexity index is 276. The van der Waals surface area contributed by atoms with E-state index in [1.54, 1.807) is 0 Å². The zero-order chi connectivity index (χ0) is 10.4. The fourth-order valence-corrected chi connectivity index (χ4v) is 1.42. The molecule has 78 valence electrons. The summed E-state index contributed by atoms with van der Waals surface area (Å²) in [5, 5.41) is 8.66. The third kappa shape index (κ3) is 2.92. The van der Waals surface area contributed by atoms with Gasteiger partial charge in [-0.05, 0) is 25.0 Å². The number of unbranched alkanes of at least 4 members (excludes halogenated alkanes) is 1. The highest BCUT2D eigenvalue weighted by Gasteiger charge is 2.02. The lowest BCUT2D eigenvalue weighted by Crippen LogP contribution is -2.19. The van der Waals surface area contributed by atoms with Gasteiger partial charge < -0.3 is 15.7 Å². The van der Waals surface area contributed by atoms with Gasteiger partial charge >= 0.3 is 0 Å². The minimum Gasteiger partial charge on any atom is -0.397 e. The van der Waals surface area contributed by atoms with Crippen molar-refractivity contribution in [3.05, 3.63) is 24.3 Å². The molecule has 1 aromatic carbocycles. The Morgan fingerprint density at radius 3 is 2.64 bits per heavy atom. The van der Waals surface area contributed by atoms with Gasteiger partial charge in [0.1, 0.15) is 0 Å². The van der Waals surface area contributed by atoms with Crippen molar-refractivity contribution in [3.63, 3.8) is 0 Å². The van der Waals surface area contributed by atoms with E-state index in [0.717, 1.165) is 30.8 Å². The highest BCUT2D eigenvalue weighted by atomic mass is 16.2. The maximum atomic E-state index is 8.66. The van der Waals surface area contributed by atoms with E-state index in [2.05, 4.69) is 4.90 Å². The number of aliphatic hydroxyl groups is 1. The van der Waals surface area contributed by atoms with Crippen molar-refractivity contribution in [3.8, 4) is 0 Å². The van der Waals surface area contributed by atoms with Gasteiger partial charge in [0, 0.05) is 20.2 Å². The highest BCUT2D eigenvalue weighted by Crippen LogP contribution is 2.20. The van der Waals surface area contributed by atoms with Gasteiger partial charge in [-0.1, -0.05) is 12.1 Å². The molecule has 0 fully saturated rings. The van der Waals surface area contributed by atoms with Crippen molar-refractivity contribution < 1.29 is 5.11 Å². The SMILES string of the molecule is CN(CCCCO)c1ccccc1N. The summed E-state index contributed by atoms with van der Waals surface area (Å²) in [7, 11) is 2.02. The maximum absolute atomic E-state index is 8.66. The van der Waals surface area contributed by atoms with Crippen LogP contribution in [0.15, 0.2) is 24.3 Å². The van der Waals surface area contributed by atoms with Crippen molar-refractivity contribution >= 4 is 11.4 Å². The van der Waals surface area contributed by atoms with Gasteiger partial charge in [0.05, 0.1) is 11.4 Å². The van der Waals surface area contributed by atoms with Gasteiger partial charge in [-0.25, -0.2) is 0 Å². The molecule has 3 nitrogen and oxygen atoms in total. The third-order valence-electron chi connectivity index (χ3n) is 2.25. The highest BCUT2D eigenvalue weighted by molar-refractivity contribution is 5.66. The molecule has 3 N–H and O–H groups in total. The Balaban J connectivity index is 2.51. The van der Waals surface area contributed by atoms with Crippen LogP contribution in [-0.4, -0.2) is 25.3 Å². The molecule has 0 amide bonds. The van der Waals surface area contributed by atoms with Crippen LogP contribution in [0.1, 0.15) is 12.8 Å². The van der Waals surface area contributed by atoms with Crippen molar-refractivity contribution in [1.82, 2.24) is 0 Å². The van der Waals surface area contributed by atoms with Crippen LogP contribution in [0.25, 0.3) is 0 Å². The summed E-state index contributed by atoms with van der Waals surface area (Å²) >= 11 is 0. The summed E-state index contributed by atoms with van der Waals surface area (Å²) in [6.07, 6.45) is 1.83. The standard InChI is InChI=1S/C11H18N2O/c1-13(8-4-5-9-14)11-7-3-2-6-10(11)12/h2-3,6-7,14H,4-5,8-9,12H2,1H3. The van der Waals surface area contributed by atoms with Crippen LogP contribution in [-0.2, 0) is 0 Å². The van der Waals surface area contributed by atoms with Gasteiger partial charge in [-0.3, -0.25) is 0 Å². The first-order chi connectivity index (χ1) is 6.75. The zero-order valence-corrected chi connectivity index (χ0v) is 8.61. The van der Waals surface area contributed by atoms with Gasteiger partial charge in [0.25, 0.3) is 0 Å². The summed E-state index contributed by atoms with van der Waals surface area (Å²) in [5.74, 6) is 0. The van der Waals surface area contributed by atoms with Crippen molar-refractivity contribution in [2.75, 3.05) is 30.8 Å². The lowest BCUT2D eigenvalue weighted by Gasteiger charge is -2.20. The van der Waals surface area contributed by atoms with E-state index in [0.29, 0.717) is 0 Å². The molecular formula is C11H18N2O. The lowest BCUT2D eigenvalue weighted by molar-refractivity contribution is 0.285. The normalized spacial score (nSPS) is 10.1. The molecule has 14 heavy (non-hydrogen) atoms. The molecule has 0 unspecified atom stereocenters. The number of benzene rings is 1. The number of nitrogens with two attached hydrogens (primary N) is 1. The van der Waals surface area contributed by atoms with Crippen LogP contribution in [0.5, 0.6) is 0 Å². The second-order valence-corrected chi connectivity index (χ2v) is 3.41. The largest absolute Gasteiger partial charge is 0.397 e. The predicted molar refractivity (Wildman–Crippen MR) is 60.4 cm³/mol. The summed E-state index contributed by atoms with van der Waals surface area (Å²) < 4.78 is 0. The molecule has 0 bridgehead atoms. The quantitative estimate of drug-likeness (QED) is 0.551. The van der Waals surface area contributed by atoms with Crippen LogP contribution in [0.4, 0.5) is 11.4 Å². The van der Waals surface area contributed by atoms with Crippen molar-refractivity contribution in [2.24, 2.45) is 0 Å². The molecule has 1 aromatic rings. The van der Waals surface area contributed by atoms with E-state index in [4.69, 9.17) is 10.8 Å². The molecule has 0 atom stereocenters. The van der Waals surface area contributed by atoms with Crippen LogP contribution < -0.4 is 10.6 Å². The molecular weight excluding hydrogens is 176 g/mol. The second kappa shape index (κ2) is 5.50. The minimum atomic E-state index is 0.262. The molecule has 0 aromatic heterocycles.